The summed E-state index contributed by atoms with van der Waals surface area (Å²) in [4.78, 5) is 34.5. The molecule has 0 unspecified atom stereocenters. The number of hydrogen-bond donors (Lipinski definition) is 2. The number of amides is 1. The smallest absolute Gasteiger partial charge is 0.329 e. The summed E-state index contributed by atoms with van der Waals surface area (Å²) in [6.07, 6.45) is 2.12. The summed E-state index contributed by atoms with van der Waals surface area (Å²) in [5, 5.41) is 7.77. The minimum Gasteiger partial charge on any atom is -0.369 e. The van der Waals surface area contributed by atoms with Gasteiger partial charge in [0.05, 0.1) is 28.4 Å². The minimum atomic E-state index is -2.66. The average molecular weight is 482 g/mol. The van der Waals surface area contributed by atoms with E-state index in [-0.39, 0.29) is 30.3 Å². The van der Waals surface area contributed by atoms with Gasteiger partial charge in [0.1, 0.15) is 23.2 Å². The SMILES string of the molecule is [2H]C([2H])([2H])n1c(=O)n(C(C)C)c2cc(Nc3ccc4c(C5CC5)nc(C5(C(N)=O)CC(F)C5)n4n3)ncc21. The Morgan fingerprint density at radius 2 is 2.03 bits per heavy atom. The zero-order valence-electron chi connectivity index (χ0n) is 22.3. The normalized spacial score (nSPS) is 23.8. The number of halogens is 1. The quantitative estimate of drug-likeness (QED) is 0.436. The van der Waals surface area contributed by atoms with E-state index in [0.717, 1.165) is 28.6 Å². The summed E-state index contributed by atoms with van der Waals surface area (Å²) in [6, 6.07) is 4.89. The number of carbonyl (C=O) groups excluding carboxylic acids is 1. The van der Waals surface area contributed by atoms with Crippen LogP contribution < -0.4 is 16.7 Å². The molecule has 1 amide bonds. The molecule has 35 heavy (non-hydrogen) atoms. The molecule has 0 radical (unpaired) electrons. The van der Waals surface area contributed by atoms with E-state index >= 15 is 0 Å². The fourth-order valence-electron chi connectivity index (χ4n) is 5.04. The summed E-state index contributed by atoms with van der Waals surface area (Å²) in [5.74, 6) is 0.687. The second kappa shape index (κ2) is 7.37. The number of rotatable bonds is 6. The van der Waals surface area contributed by atoms with Crippen molar-refractivity contribution in [2.45, 2.75) is 63.1 Å². The third-order valence-electron chi connectivity index (χ3n) is 7.06. The number of hydrogen-bond acceptors (Lipinski definition) is 6. The lowest BCUT2D eigenvalue weighted by Gasteiger charge is -2.39. The van der Waals surface area contributed by atoms with Crippen LogP contribution in [0.1, 0.15) is 67.1 Å². The lowest BCUT2D eigenvalue weighted by atomic mass is 9.66. The van der Waals surface area contributed by atoms with Gasteiger partial charge in [-0.25, -0.2) is 23.7 Å². The van der Waals surface area contributed by atoms with Crippen molar-refractivity contribution in [2.75, 3.05) is 5.32 Å². The van der Waals surface area contributed by atoms with E-state index in [1.807, 2.05) is 6.07 Å². The lowest BCUT2D eigenvalue weighted by Crippen LogP contribution is -2.53. The maximum absolute atomic E-state index is 14.0. The number of aromatic nitrogens is 6. The van der Waals surface area contributed by atoms with E-state index in [4.69, 9.17) is 14.8 Å². The number of carbonyl (C=O) groups is 1. The second-order valence-corrected chi connectivity index (χ2v) is 9.83. The van der Waals surface area contributed by atoms with Crippen LogP contribution in [0.5, 0.6) is 0 Å². The van der Waals surface area contributed by atoms with Gasteiger partial charge in [-0.1, -0.05) is 0 Å². The first-order chi connectivity index (χ1) is 17.9. The van der Waals surface area contributed by atoms with Crippen LogP contribution >= 0.6 is 0 Å². The Bertz CT molecular complexity index is 1660. The monoisotopic (exact) mass is 481 g/mol. The largest absolute Gasteiger partial charge is 0.369 e. The van der Waals surface area contributed by atoms with Crippen molar-refractivity contribution in [1.82, 2.24) is 28.7 Å². The van der Waals surface area contributed by atoms with Gasteiger partial charge in [-0.15, -0.1) is 5.10 Å². The van der Waals surface area contributed by atoms with Gasteiger partial charge in [-0.2, -0.15) is 0 Å². The highest BCUT2D eigenvalue weighted by atomic mass is 19.1. The molecule has 0 aromatic carbocycles. The minimum absolute atomic E-state index is 0.0314. The van der Waals surface area contributed by atoms with Crippen molar-refractivity contribution in [3.8, 4) is 0 Å². The number of nitrogens with one attached hydrogen (secondary N) is 1. The first kappa shape index (κ1) is 18.6. The van der Waals surface area contributed by atoms with Gasteiger partial charge < -0.3 is 11.1 Å². The number of primary amides is 1. The molecule has 4 aromatic rings. The molecule has 2 saturated carbocycles. The molecular weight excluding hydrogens is 451 g/mol. The number of nitrogens with zero attached hydrogens (tertiary/aromatic N) is 6. The fraction of sp³-hybridized carbons (Fsp3) is 0.458. The Balaban J connectivity index is 1.45. The highest BCUT2D eigenvalue weighted by molar-refractivity contribution is 5.87. The Morgan fingerprint density at radius 1 is 1.26 bits per heavy atom. The van der Waals surface area contributed by atoms with Crippen molar-refractivity contribution in [3.63, 3.8) is 0 Å². The number of anilines is 2. The lowest BCUT2D eigenvalue weighted by molar-refractivity contribution is -0.129. The Hall–Kier alpha value is -3.76. The number of fused-ring (bicyclic) bond motifs is 2. The van der Waals surface area contributed by atoms with Gasteiger partial charge in [-0.3, -0.25) is 13.9 Å². The molecule has 2 aliphatic carbocycles. The van der Waals surface area contributed by atoms with Gasteiger partial charge in [0.15, 0.2) is 5.82 Å². The predicted octanol–water partition coefficient (Wildman–Crippen LogP) is 2.83. The van der Waals surface area contributed by atoms with Crippen LogP contribution in [0.15, 0.2) is 29.2 Å². The number of pyridine rings is 1. The molecular formula is C24H27FN8O2. The molecule has 0 atom stereocenters. The van der Waals surface area contributed by atoms with E-state index in [2.05, 4.69) is 15.4 Å². The van der Waals surface area contributed by atoms with Gasteiger partial charge in [0, 0.05) is 42.0 Å². The maximum atomic E-state index is 14.0. The average Bonchev–Trinajstić information content (AvgIpc) is 3.50. The van der Waals surface area contributed by atoms with Crippen molar-refractivity contribution in [2.24, 2.45) is 12.7 Å². The van der Waals surface area contributed by atoms with E-state index in [1.165, 1.54) is 10.8 Å². The summed E-state index contributed by atoms with van der Waals surface area (Å²) in [6.45, 7) is 0.928. The number of aryl methyl sites for hydroxylation is 1. The second-order valence-electron chi connectivity index (χ2n) is 9.83. The van der Waals surface area contributed by atoms with Crippen LogP contribution in [0.4, 0.5) is 16.0 Å². The fourth-order valence-corrected chi connectivity index (χ4v) is 5.04. The highest BCUT2D eigenvalue weighted by Crippen LogP contribution is 2.48. The standard InChI is InChI=1S/C24H27FN8O2/c1-12(2)32-16-8-19(27-11-17(16)31(3)23(32)35)28-18-7-6-15-20(13-4-5-13)29-22(33(15)30-18)24(21(26)34)9-14(25)10-24/h6-8,11-14H,4-5,9-10H2,1-3H3,(H2,26,34)(H,27,28,30)/i3D3. The summed E-state index contributed by atoms with van der Waals surface area (Å²) < 4.78 is 41.1. The van der Waals surface area contributed by atoms with Gasteiger partial charge in [-0.05, 0) is 38.8 Å². The summed E-state index contributed by atoms with van der Waals surface area (Å²) >= 11 is 0. The molecule has 0 aliphatic heterocycles. The van der Waals surface area contributed by atoms with Crippen molar-refractivity contribution >= 4 is 34.1 Å². The number of nitrogens with two attached hydrogens (primary N) is 1. The van der Waals surface area contributed by atoms with E-state index in [9.17, 15) is 14.0 Å². The summed E-state index contributed by atoms with van der Waals surface area (Å²) in [5.41, 5.74) is 6.04. The van der Waals surface area contributed by atoms with Crippen LogP contribution in [-0.2, 0) is 17.2 Å². The Labute approximate surface area is 204 Å². The van der Waals surface area contributed by atoms with Crippen LogP contribution in [0.3, 0.4) is 0 Å². The van der Waals surface area contributed by atoms with Crippen LogP contribution in [0.25, 0.3) is 16.6 Å². The zero-order chi connectivity index (χ0) is 27.1. The molecule has 2 aliphatic rings. The first-order valence-electron chi connectivity index (χ1n) is 13.2. The molecule has 0 bridgehead atoms. The Morgan fingerprint density at radius 3 is 2.66 bits per heavy atom. The van der Waals surface area contributed by atoms with Gasteiger partial charge in [0.25, 0.3) is 0 Å². The third kappa shape index (κ3) is 3.17. The molecule has 4 heterocycles. The van der Waals surface area contributed by atoms with Gasteiger partial charge in [0.2, 0.25) is 5.91 Å². The van der Waals surface area contributed by atoms with Crippen LogP contribution in [0.2, 0.25) is 0 Å². The van der Waals surface area contributed by atoms with Gasteiger partial charge >= 0.3 is 5.69 Å². The molecule has 11 heteroatoms. The molecule has 0 spiro atoms. The predicted molar refractivity (Wildman–Crippen MR) is 129 cm³/mol. The molecule has 3 N–H and O–H groups in total. The van der Waals surface area contributed by atoms with E-state index < -0.39 is 30.2 Å². The van der Waals surface area contributed by atoms with Crippen molar-refractivity contribution < 1.29 is 13.3 Å². The van der Waals surface area contributed by atoms with Crippen LogP contribution in [-0.4, -0.2) is 40.8 Å². The molecule has 6 rings (SSSR count). The molecule has 10 nitrogen and oxygen atoms in total. The van der Waals surface area contributed by atoms with Crippen molar-refractivity contribution in [3.05, 3.63) is 46.4 Å². The number of alkyl halides is 1. The highest BCUT2D eigenvalue weighted by Gasteiger charge is 2.54. The molecule has 0 saturated heterocycles. The molecule has 182 valence electrons. The Kier molecular flexibility index (Phi) is 3.91. The molecule has 4 aromatic heterocycles. The van der Waals surface area contributed by atoms with E-state index in [1.54, 1.807) is 30.5 Å². The topological polar surface area (TPSA) is 125 Å². The van der Waals surface area contributed by atoms with E-state index in [0.29, 0.717) is 23.0 Å². The third-order valence-corrected chi connectivity index (χ3v) is 7.06. The molecule has 2 fully saturated rings. The van der Waals surface area contributed by atoms with Crippen molar-refractivity contribution in [1.29, 1.82) is 0 Å². The number of imidazole rings is 2. The summed E-state index contributed by atoms with van der Waals surface area (Å²) in [7, 11) is 0. The first-order valence-corrected chi connectivity index (χ1v) is 11.7. The maximum Gasteiger partial charge on any atom is 0.329 e. The zero-order valence-corrected chi connectivity index (χ0v) is 19.3. The van der Waals surface area contributed by atoms with Crippen LogP contribution in [0, 0.1) is 0 Å².